The first kappa shape index (κ1) is 18.9. The minimum absolute atomic E-state index is 0.0621. The number of fused-ring (bicyclic) bond motifs is 1. The largest absolute Gasteiger partial charge is 0.462 e. The molecule has 1 unspecified atom stereocenters. The number of cyclic esters (lactones) is 1. The van der Waals surface area contributed by atoms with Gasteiger partial charge in [0.15, 0.2) is 5.60 Å². The van der Waals surface area contributed by atoms with Crippen molar-refractivity contribution in [1.82, 2.24) is 0 Å². The first-order chi connectivity index (χ1) is 11.8. The van der Waals surface area contributed by atoms with Crippen LogP contribution in [0.5, 0.6) is 0 Å². The molecule has 1 heterocycles. The number of benzene rings is 1. The first-order valence-corrected chi connectivity index (χ1v) is 8.16. The summed E-state index contributed by atoms with van der Waals surface area (Å²) in [5.41, 5.74) is -4.56. The minimum Gasteiger partial charge on any atom is -0.462 e. The molecule has 1 aromatic carbocycles. The second-order valence-corrected chi connectivity index (χ2v) is 5.98. The van der Waals surface area contributed by atoms with Crippen LogP contribution in [0.15, 0.2) is 24.3 Å². The molecule has 1 N–H and O–H groups in total. The summed E-state index contributed by atoms with van der Waals surface area (Å²) in [5, 5.41) is 11.5. The number of aliphatic hydroxyl groups is 1. The summed E-state index contributed by atoms with van der Waals surface area (Å²) in [6.45, 7) is 6.19. The maximum absolute atomic E-state index is 12.8. The molecule has 0 fully saturated rings. The highest BCUT2D eigenvalue weighted by molar-refractivity contribution is 6.10. The summed E-state index contributed by atoms with van der Waals surface area (Å²) >= 11 is 0. The summed E-state index contributed by atoms with van der Waals surface area (Å²) in [6, 6.07) is 6.16. The van der Waals surface area contributed by atoms with E-state index in [1.165, 1.54) is 12.1 Å². The van der Waals surface area contributed by atoms with Crippen molar-refractivity contribution in [3.05, 3.63) is 35.4 Å². The van der Waals surface area contributed by atoms with E-state index in [2.05, 4.69) is 0 Å². The predicted molar refractivity (Wildman–Crippen MR) is 86.6 cm³/mol. The smallest absolute Gasteiger partial charge is 0.366 e. The van der Waals surface area contributed by atoms with Crippen molar-refractivity contribution in [1.29, 1.82) is 0 Å². The van der Waals surface area contributed by atoms with Crippen molar-refractivity contribution in [2.45, 2.75) is 38.9 Å². The highest BCUT2D eigenvalue weighted by Gasteiger charge is 2.72. The second-order valence-electron chi connectivity index (χ2n) is 5.98. The molecule has 0 saturated heterocycles. The molecule has 136 valence electrons. The number of hydrogen-bond acceptors (Lipinski definition) is 7. The molecule has 7 nitrogen and oxygen atoms in total. The zero-order valence-corrected chi connectivity index (χ0v) is 14.7. The van der Waals surface area contributed by atoms with E-state index in [1.807, 2.05) is 0 Å². The number of hydrogen-bond donors (Lipinski definition) is 1. The van der Waals surface area contributed by atoms with Gasteiger partial charge in [-0.1, -0.05) is 32.0 Å². The van der Waals surface area contributed by atoms with E-state index in [0.29, 0.717) is 0 Å². The average Bonchev–Trinajstić information content (AvgIpc) is 2.58. The van der Waals surface area contributed by atoms with Crippen LogP contribution in [-0.4, -0.2) is 41.8 Å². The van der Waals surface area contributed by atoms with Gasteiger partial charge in [-0.2, -0.15) is 0 Å². The van der Waals surface area contributed by atoms with Crippen LogP contribution in [0.1, 0.15) is 43.6 Å². The van der Waals surface area contributed by atoms with Gasteiger partial charge in [-0.25, -0.2) is 14.4 Å². The van der Waals surface area contributed by atoms with Crippen LogP contribution in [0.2, 0.25) is 0 Å². The lowest BCUT2D eigenvalue weighted by Gasteiger charge is -2.47. The molecule has 0 spiro atoms. The maximum Gasteiger partial charge on any atom is 0.366 e. The summed E-state index contributed by atoms with van der Waals surface area (Å²) in [7, 11) is 0. The SMILES string of the molecule is CCOC(=O)C1(C(=O)OCC)OC(=O)c2ccccc2C1(O)C(C)C. The highest BCUT2D eigenvalue weighted by atomic mass is 16.6. The molecular formula is C18H22O7. The van der Waals surface area contributed by atoms with E-state index in [9.17, 15) is 19.5 Å². The Hall–Kier alpha value is -2.41. The number of ether oxygens (including phenoxy) is 3. The molecule has 1 aliphatic heterocycles. The zero-order chi connectivity index (χ0) is 18.8. The molecule has 0 aromatic heterocycles. The minimum atomic E-state index is -2.63. The summed E-state index contributed by atoms with van der Waals surface area (Å²) in [4.78, 5) is 38.0. The van der Waals surface area contributed by atoms with Crippen LogP contribution in [-0.2, 0) is 29.4 Å². The van der Waals surface area contributed by atoms with Crippen molar-refractivity contribution >= 4 is 17.9 Å². The fourth-order valence-corrected chi connectivity index (χ4v) is 3.12. The van der Waals surface area contributed by atoms with Gasteiger partial charge in [0.1, 0.15) is 0 Å². The van der Waals surface area contributed by atoms with Crippen LogP contribution in [0.25, 0.3) is 0 Å². The fourth-order valence-electron chi connectivity index (χ4n) is 3.12. The van der Waals surface area contributed by atoms with Crippen molar-refractivity contribution < 1.29 is 33.7 Å². The van der Waals surface area contributed by atoms with E-state index in [-0.39, 0.29) is 24.3 Å². The molecular weight excluding hydrogens is 328 g/mol. The van der Waals surface area contributed by atoms with Crippen LogP contribution in [0.4, 0.5) is 0 Å². The monoisotopic (exact) mass is 350 g/mol. The normalized spacial score (nSPS) is 21.3. The Kier molecular flexibility index (Phi) is 5.17. The van der Waals surface area contributed by atoms with Gasteiger partial charge in [-0.05, 0) is 25.8 Å². The standard InChI is InChI=1S/C18H22O7/c1-5-23-15(20)18(16(21)24-6-2)17(22,11(3)4)13-10-8-7-9-12(13)14(19)25-18/h7-11,22H,5-6H2,1-4H3. The van der Waals surface area contributed by atoms with Gasteiger partial charge in [0, 0.05) is 5.56 Å². The molecule has 1 atom stereocenters. The third-order valence-electron chi connectivity index (χ3n) is 4.30. The van der Waals surface area contributed by atoms with Gasteiger partial charge in [-0.3, -0.25) is 0 Å². The molecule has 0 bridgehead atoms. The molecule has 0 radical (unpaired) electrons. The zero-order valence-electron chi connectivity index (χ0n) is 14.7. The Labute approximate surface area is 145 Å². The molecule has 1 aromatic rings. The van der Waals surface area contributed by atoms with Crippen molar-refractivity contribution in [2.24, 2.45) is 5.92 Å². The van der Waals surface area contributed by atoms with Gasteiger partial charge < -0.3 is 19.3 Å². The first-order valence-electron chi connectivity index (χ1n) is 8.16. The molecule has 25 heavy (non-hydrogen) atoms. The topological polar surface area (TPSA) is 99.1 Å². The van der Waals surface area contributed by atoms with E-state index >= 15 is 0 Å². The number of carbonyl (C=O) groups is 3. The number of rotatable bonds is 5. The van der Waals surface area contributed by atoms with E-state index < -0.39 is 35.0 Å². The lowest BCUT2D eigenvalue weighted by atomic mass is 9.67. The van der Waals surface area contributed by atoms with Crippen LogP contribution >= 0.6 is 0 Å². The Morgan fingerprint density at radius 3 is 2.12 bits per heavy atom. The quantitative estimate of drug-likeness (QED) is 0.489. The molecule has 0 amide bonds. The van der Waals surface area contributed by atoms with Gasteiger partial charge in [0.25, 0.3) is 0 Å². The van der Waals surface area contributed by atoms with Gasteiger partial charge in [0.05, 0.1) is 18.8 Å². The van der Waals surface area contributed by atoms with Crippen molar-refractivity contribution in [3.63, 3.8) is 0 Å². The van der Waals surface area contributed by atoms with E-state index in [4.69, 9.17) is 14.2 Å². The van der Waals surface area contributed by atoms with Crippen LogP contribution in [0.3, 0.4) is 0 Å². The summed E-state index contributed by atoms with van der Waals surface area (Å²) < 4.78 is 15.2. The Bertz CT molecular complexity index is 676. The Morgan fingerprint density at radius 2 is 1.64 bits per heavy atom. The molecule has 0 aliphatic carbocycles. The molecule has 0 saturated carbocycles. The molecule has 7 heteroatoms. The summed E-state index contributed by atoms with van der Waals surface area (Å²) in [6.07, 6.45) is 0. The Balaban J connectivity index is 2.83. The highest BCUT2D eigenvalue weighted by Crippen LogP contribution is 2.48. The number of esters is 3. The van der Waals surface area contributed by atoms with Gasteiger partial charge in [0.2, 0.25) is 0 Å². The third kappa shape index (κ3) is 2.59. The molecule has 1 aliphatic rings. The lowest BCUT2D eigenvalue weighted by Crippen LogP contribution is -2.69. The van der Waals surface area contributed by atoms with E-state index in [0.717, 1.165) is 0 Å². The van der Waals surface area contributed by atoms with Crippen LogP contribution < -0.4 is 0 Å². The van der Waals surface area contributed by atoms with Crippen molar-refractivity contribution in [2.75, 3.05) is 13.2 Å². The number of carbonyl (C=O) groups excluding carboxylic acids is 3. The van der Waals surface area contributed by atoms with Gasteiger partial charge in [-0.15, -0.1) is 0 Å². The van der Waals surface area contributed by atoms with Crippen molar-refractivity contribution in [3.8, 4) is 0 Å². The lowest BCUT2D eigenvalue weighted by molar-refractivity contribution is -0.227. The summed E-state index contributed by atoms with van der Waals surface area (Å²) in [5.74, 6) is -3.89. The van der Waals surface area contributed by atoms with Crippen LogP contribution in [0, 0.1) is 5.92 Å². The van der Waals surface area contributed by atoms with Gasteiger partial charge >= 0.3 is 23.5 Å². The third-order valence-corrected chi connectivity index (χ3v) is 4.30. The second kappa shape index (κ2) is 6.84. The maximum atomic E-state index is 12.8. The van der Waals surface area contributed by atoms with E-state index in [1.54, 1.807) is 39.8 Å². The average molecular weight is 350 g/mol. The predicted octanol–water partition coefficient (Wildman–Crippen LogP) is 1.57. The molecule has 2 rings (SSSR count). The fraction of sp³-hybridized carbons (Fsp3) is 0.500. The Morgan fingerprint density at radius 1 is 1.12 bits per heavy atom.